The van der Waals surface area contributed by atoms with Crippen LogP contribution in [0.3, 0.4) is 0 Å². The molecule has 0 aromatic carbocycles. The van der Waals surface area contributed by atoms with Crippen LogP contribution < -0.4 is 11.5 Å². The van der Waals surface area contributed by atoms with E-state index in [0.717, 1.165) is 12.7 Å². The van der Waals surface area contributed by atoms with E-state index < -0.39 is 85.4 Å². The first-order valence-electron chi connectivity index (χ1n) is 13.6. The van der Waals surface area contributed by atoms with Gasteiger partial charge in [0.2, 0.25) is 0 Å². The van der Waals surface area contributed by atoms with Crippen LogP contribution in [0, 0.1) is 0 Å². The molecule has 0 spiro atoms. The van der Waals surface area contributed by atoms with Gasteiger partial charge in [0, 0.05) is 0 Å². The van der Waals surface area contributed by atoms with Crippen molar-refractivity contribution in [1.29, 1.82) is 0 Å². The molecular weight excluding hydrogens is 724 g/mol. The number of nitrogens with two attached hydrogens (primary N) is 2. The first-order valence-corrected chi connectivity index (χ1v) is 18.2. The number of nitrogen functional groups attached to an aromatic ring is 2. The standard InChI is InChI=1S/C20H26BN10O15P3/c21-47(36,41-1-7-11(32)13(34)19(43-7)30-5-28-9-15(22)24-3-26-17(9)30)45-49(39,40)46-48(37,38)42-2-8-12(33)14(35)20(44-8)31-6-29-10-16(23)25-4-27-18(10)31/h3-8,11-14,19-20,32-35H,1-2H2,(H,37,38)(H,39,40)(H2,22,24,26)(H2,23,25,27)/q-1/t7-,8-,11-,12-,13-,14-,19-,20-,47?/m1/s1. The minimum absolute atomic E-state index is 0.0247. The van der Waals surface area contributed by atoms with Crippen LogP contribution in [-0.2, 0) is 40.8 Å². The molecule has 6 heterocycles. The second kappa shape index (κ2) is 13.3. The maximum atomic E-state index is 12.6. The zero-order valence-electron chi connectivity index (χ0n) is 24.4. The summed E-state index contributed by atoms with van der Waals surface area (Å²) in [5.74, 6) is 0.0570. The van der Waals surface area contributed by atoms with Gasteiger partial charge in [0.25, 0.3) is 0 Å². The van der Waals surface area contributed by atoms with Crippen molar-refractivity contribution in [2.24, 2.45) is 0 Å². The minimum atomic E-state index is -5.81. The maximum absolute atomic E-state index is 12.6. The predicted octanol–water partition coefficient (Wildman–Crippen LogP) is -2.39. The fourth-order valence-corrected chi connectivity index (χ4v) is 8.64. The zero-order valence-corrected chi connectivity index (χ0v) is 27.0. The van der Waals surface area contributed by atoms with Gasteiger partial charge in [-0.2, -0.15) is 4.31 Å². The van der Waals surface area contributed by atoms with E-state index in [1.807, 2.05) is 0 Å². The Bertz CT molecular complexity index is 1870. The van der Waals surface area contributed by atoms with Crippen LogP contribution in [-0.4, -0.2) is 127 Å². The highest BCUT2D eigenvalue weighted by Crippen LogP contribution is 2.67. The molecule has 4 aromatic rings. The summed E-state index contributed by atoms with van der Waals surface area (Å²) >= 11 is 0. The van der Waals surface area contributed by atoms with Crippen LogP contribution in [0.5, 0.6) is 0 Å². The third kappa shape index (κ3) is 7.26. The van der Waals surface area contributed by atoms with E-state index in [4.69, 9.17) is 33.0 Å². The molecule has 0 bridgehead atoms. The lowest BCUT2D eigenvalue weighted by Crippen LogP contribution is -2.33. The number of phosphoric ester groups is 1. The third-order valence-electron chi connectivity index (χ3n) is 7.24. The Kier molecular flexibility index (Phi) is 9.69. The normalized spacial score (nSPS) is 31.2. The Labute approximate surface area is 273 Å². The summed E-state index contributed by atoms with van der Waals surface area (Å²) in [4.78, 5) is 43.7. The number of imidazole rings is 2. The fourth-order valence-electron chi connectivity index (χ4n) is 4.99. The molecule has 25 nitrogen and oxygen atoms in total. The van der Waals surface area contributed by atoms with E-state index in [-0.39, 0.29) is 34.0 Å². The highest BCUT2D eigenvalue weighted by Gasteiger charge is 2.47. The lowest BCUT2D eigenvalue weighted by Gasteiger charge is -2.29. The molecule has 29 heteroatoms. The van der Waals surface area contributed by atoms with Crippen molar-refractivity contribution in [2.75, 3.05) is 24.7 Å². The number of aliphatic hydroxyl groups excluding tert-OH is 4. The Morgan fingerprint density at radius 2 is 1.14 bits per heavy atom. The highest BCUT2D eigenvalue weighted by atomic mass is 31.3. The van der Waals surface area contributed by atoms with E-state index in [9.17, 15) is 43.9 Å². The number of hydrogen-bond acceptors (Lipinski definition) is 21. The first kappa shape index (κ1) is 35.8. The maximum Gasteiger partial charge on any atom is 0.485 e. The van der Waals surface area contributed by atoms with Gasteiger partial charge in [-0.3, -0.25) is 13.7 Å². The van der Waals surface area contributed by atoms with Crippen LogP contribution in [0.25, 0.3) is 22.3 Å². The lowest BCUT2D eigenvalue weighted by molar-refractivity contribution is -0.0504. The predicted molar refractivity (Wildman–Crippen MR) is 158 cm³/mol. The van der Waals surface area contributed by atoms with Crippen LogP contribution in [0.15, 0.2) is 25.3 Å². The lowest BCUT2D eigenvalue weighted by atomic mass is 10.1. The molecular formula is C20H26BN10O15P3-. The number of aromatic nitrogens is 8. The number of anilines is 2. The summed E-state index contributed by atoms with van der Waals surface area (Å²) in [5, 5.41) is 41.9. The van der Waals surface area contributed by atoms with E-state index in [0.29, 0.717) is 0 Å². The third-order valence-corrected chi connectivity index (χ3v) is 11.6. The van der Waals surface area contributed by atoms with Crippen molar-refractivity contribution >= 4 is 64.6 Å². The molecule has 265 valence electrons. The van der Waals surface area contributed by atoms with Crippen molar-refractivity contribution in [3.8, 4) is 0 Å². The Morgan fingerprint density at radius 1 is 0.694 bits per heavy atom. The average molecular weight is 750 g/mol. The SMILES string of the molecule is [B-]P(=O)(OC[C@H]1O[C@@H](n2cnc3c(N)ncnc32)[C@H](O)[C@@H]1O)OP(=O)(O)OP(=O)(O)OC[C@H]1O[C@@H](n2cnc3c(N)ncnc32)[C@H](O)[C@@H]1O. The Balaban J connectivity index is 1.03. The van der Waals surface area contributed by atoms with Crippen LogP contribution in [0.1, 0.15) is 12.5 Å². The largest absolute Gasteiger partial charge is 0.485 e. The van der Waals surface area contributed by atoms with Gasteiger partial charge in [0.1, 0.15) is 60.3 Å². The quantitative estimate of drug-likeness (QED) is 0.0553. The van der Waals surface area contributed by atoms with Crippen LogP contribution >= 0.6 is 23.1 Å². The van der Waals surface area contributed by atoms with Gasteiger partial charge >= 0.3 is 15.6 Å². The number of rotatable bonds is 12. The number of hydrogen-bond donors (Lipinski definition) is 8. The van der Waals surface area contributed by atoms with Gasteiger partial charge in [-0.25, -0.2) is 43.3 Å². The molecule has 2 aliphatic rings. The van der Waals surface area contributed by atoms with Crippen molar-refractivity contribution in [3.63, 3.8) is 0 Å². The van der Waals surface area contributed by atoms with E-state index in [2.05, 4.69) is 43.0 Å². The Morgan fingerprint density at radius 3 is 1.61 bits per heavy atom. The summed E-state index contributed by atoms with van der Waals surface area (Å²) in [6.07, 6.45) is -7.61. The summed E-state index contributed by atoms with van der Waals surface area (Å²) in [7, 11) is -11.2. The first-order chi connectivity index (χ1) is 23.0. The molecule has 10 N–H and O–H groups in total. The summed E-state index contributed by atoms with van der Waals surface area (Å²) in [5.41, 5.74) is 12.1. The number of fused-ring (bicyclic) bond motifs is 2. The van der Waals surface area contributed by atoms with E-state index in [1.165, 1.54) is 21.8 Å². The zero-order chi connectivity index (χ0) is 35.5. The smallest absolute Gasteiger partial charge is 0.443 e. The van der Waals surface area contributed by atoms with E-state index >= 15 is 0 Å². The molecule has 3 radical (unpaired) electrons. The van der Waals surface area contributed by atoms with Gasteiger partial charge in [-0.1, -0.05) is 0 Å². The summed E-state index contributed by atoms with van der Waals surface area (Å²) in [6, 6.07) is 0. The van der Waals surface area contributed by atoms with Crippen molar-refractivity contribution in [3.05, 3.63) is 25.3 Å². The number of nitrogens with zero attached hydrogens (tertiary/aromatic N) is 8. The second-order valence-corrected chi connectivity index (χ2v) is 15.3. The summed E-state index contributed by atoms with van der Waals surface area (Å²) < 4.78 is 69.0. The molecule has 2 fully saturated rings. The topological polar surface area (TPSA) is 367 Å². The number of ether oxygens (including phenoxy) is 2. The van der Waals surface area contributed by atoms with Crippen LogP contribution in [0.2, 0.25) is 0 Å². The average Bonchev–Trinajstić information content (AvgIpc) is 3.77. The highest BCUT2D eigenvalue weighted by molar-refractivity contribution is 7.84. The molecule has 49 heavy (non-hydrogen) atoms. The molecule has 3 unspecified atom stereocenters. The minimum Gasteiger partial charge on any atom is -0.443 e. The van der Waals surface area contributed by atoms with Gasteiger partial charge in [0.15, 0.2) is 35.4 Å². The van der Waals surface area contributed by atoms with Gasteiger partial charge in [0.05, 0.1) is 33.3 Å². The molecule has 2 aliphatic heterocycles. The number of phosphoric acid groups is 2. The Hall–Kier alpha value is -3.03. The molecule has 0 aliphatic carbocycles. The fraction of sp³-hybridized carbons (Fsp3) is 0.500. The van der Waals surface area contributed by atoms with Crippen molar-refractivity contribution in [2.45, 2.75) is 49.1 Å². The molecule has 11 atom stereocenters. The van der Waals surface area contributed by atoms with Gasteiger partial charge in [-0.15, -0.1) is 0 Å². The number of aliphatic hydroxyl groups is 4. The van der Waals surface area contributed by atoms with Crippen molar-refractivity contribution < 1.29 is 71.1 Å². The molecule has 2 saturated heterocycles. The second-order valence-electron chi connectivity index (χ2n) is 10.5. The summed E-state index contributed by atoms with van der Waals surface area (Å²) in [6.45, 7) is -1.89. The van der Waals surface area contributed by atoms with Gasteiger partial charge in [-0.05, 0) is 0 Å². The molecule has 0 saturated carbocycles. The van der Waals surface area contributed by atoms with Gasteiger partial charge < -0.3 is 67.8 Å². The molecule has 0 amide bonds. The molecule has 4 aromatic heterocycles. The van der Waals surface area contributed by atoms with Crippen molar-refractivity contribution in [1.82, 2.24) is 39.0 Å². The monoisotopic (exact) mass is 750 g/mol. The van der Waals surface area contributed by atoms with Crippen LogP contribution in [0.4, 0.5) is 11.6 Å². The molecule has 6 rings (SSSR count). The van der Waals surface area contributed by atoms with E-state index in [1.54, 1.807) is 0 Å².